The van der Waals surface area contributed by atoms with E-state index in [1.165, 1.54) is 0 Å². The molecule has 4 heteroatoms. The fourth-order valence-electron chi connectivity index (χ4n) is 1.86. The van der Waals surface area contributed by atoms with Crippen LogP contribution in [0.3, 0.4) is 0 Å². The van der Waals surface area contributed by atoms with Crippen molar-refractivity contribution < 1.29 is 12.9 Å². The molecule has 1 unspecified atom stereocenters. The molecule has 0 saturated carbocycles. The van der Waals surface area contributed by atoms with Crippen LogP contribution in [0.4, 0.5) is 0 Å². The molecule has 0 spiro atoms. The summed E-state index contributed by atoms with van der Waals surface area (Å²) in [5.74, 6) is 0.554. The molecule has 3 nitrogen and oxygen atoms in total. The van der Waals surface area contributed by atoms with E-state index in [1.807, 2.05) is 12.1 Å². The maximum atomic E-state index is 10.8. The van der Waals surface area contributed by atoms with Gasteiger partial charge in [-0.05, 0) is 42.9 Å². The van der Waals surface area contributed by atoms with Gasteiger partial charge in [-0.15, -0.1) is 0 Å². The summed E-state index contributed by atoms with van der Waals surface area (Å²) in [7, 11) is 0. The Balaban J connectivity index is 2.85. The number of unbranched alkanes of at least 4 members (excludes halogenated alkanes) is 2. The maximum absolute atomic E-state index is 10.8. The van der Waals surface area contributed by atoms with Crippen molar-refractivity contribution in [1.82, 2.24) is 0 Å². The summed E-state index contributed by atoms with van der Waals surface area (Å²) in [5.41, 5.74) is 2.18. The van der Waals surface area contributed by atoms with Crippen molar-refractivity contribution >= 4 is 11.4 Å². The molecule has 0 radical (unpaired) electrons. The zero-order chi connectivity index (χ0) is 13.4. The minimum Gasteiger partial charge on any atom is -0.380 e. The van der Waals surface area contributed by atoms with Crippen molar-refractivity contribution in [2.75, 3.05) is 0 Å². The van der Waals surface area contributed by atoms with Gasteiger partial charge >= 0.3 is 11.4 Å². The highest BCUT2D eigenvalue weighted by molar-refractivity contribution is 7.74. The van der Waals surface area contributed by atoms with E-state index in [9.17, 15) is 4.21 Å². The van der Waals surface area contributed by atoms with Crippen LogP contribution in [0.25, 0.3) is 0 Å². The van der Waals surface area contributed by atoms with Gasteiger partial charge in [0.25, 0.3) is 0 Å². The van der Waals surface area contributed by atoms with Crippen molar-refractivity contribution in [3.8, 4) is 5.75 Å². The molecule has 1 aromatic rings. The van der Waals surface area contributed by atoms with E-state index in [4.69, 9.17) is 8.74 Å². The first-order valence-corrected chi connectivity index (χ1v) is 7.61. The first-order valence-electron chi connectivity index (χ1n) is 6.58. The second kappa shape index (κ2) is 8.27. The summed E-state index contributed by atoms with van der Waals surface area (Å²) in [6.07, 6.45) is 6.29. The van der Waals surface area contributed by atoms with Crippen LogP contribution in [0.5, 0.6) is 5.75 Å². The fraction of sp³-hybridized carbons (Fsp3) is 0.571. The van der Waals surface area contributed by atoms with E-state index in [1.54, 1.807) is 0 Å². The van der Waals surface area contributed by atoms with E-state index in [2.05, 4.69) is 19.9 Å². The maximum Gasteiger partial charge on any atom is 0.357 e. The quantitative estimate of drug-likeness (QED) is 0.729. The Labute approximate surface area is 112 Å². The zero-order valence-electron chi connectivity index (χ0n) is 11.1. The van der Waals surface area contributed by atoms with Gasteiger partial charge in [-0.3, -0.25) is 4.55 Å². The number of benzene rings is 1. The third-order valence-corrected chi connectivity index (χ3v) is 3.23. The summed E-state index contributed by atoms with van der Waals surface area (Å²) in [5, 5.41) is 0. The van der Waals surface area contributed by atoms with Gasteiger partial charge in [0.05, 0.1) is 0 Å². The van der Waals surface area contributed by atoms with Gasteiger partial charge in [0.2, 0.25) is 0 Å². The average molecular weight is 270 g/mol. The summed E-state index contributed by atoms with van der Waals surface area (Å²) in [6.45, 7) is 4.27. The average Bonchev–Trinajstić information content (AvgIpc) is 2.34. The highest BCUT2D eigenvalue weighted by atomic mass is 32.2. The SMILES string of the molecule is CCCCc1ccc(CCCC)c(OS(=O)O)c1. The first-order chi connectivity index (χ1) is 8.67. The molecule has 1 aromatic carbocycles. The topological polar surface area (TPSA) is 46.5 Å². The molecular weight excluding hydrogens is 248 g/mol. The summed E-state index contributed by atoms with van der Waals surface area (Å²) in [6, 6.07) is 6.01. The van der Waals surface area contributed by atoms with E-state index < -0.39 is 11.4 Å². The fourth-order valence-corrected chi connectivity index (χ4v) is 2.17. The summed E-state index contributed by atoms with van der Waals surface area (Å²) in [4.78, 5) is 0. The molecule has 1 atom stereocenters. The Bertz CT molecular complexity index is 391. The minimum atomic E-state index is -2.25. The van der Waals surface area contributed by atoms with Gasteiger partial charge in [0.15, 0.2) is 0 Å². The molecule has 0 aliphatic heterocycles. The molecule has 0 heterocycles. The van der Waals surface area contributed by atoms with Crippen LogP contribution >= 0.6 is 0 Å². The van der Waals surface area contributed by atoms with Crippen molar-refractivity contribution in [3.63, 3.8) is 0 Å². The lowest BCUT2D eigenvalue weighted by atomic mass is 10.0. The highest BCUT2D eigenvalue weighted by Gasteiger charge is 2.08. The molecule has 18 heavy (non-hydrogen) atoms. The number of rotatable bonds is 8. The van der Waals surface area contributed by atoms with Crippen LogP contribution in [0.2, 0.25) is 0 Å². The zero-order valence-corrected chi connectivity index (χ0v) is 12.0. The van der Waals surface area contributed by atoms with Crippen molar-refractivity contribution in [2.45, 2.75) is 52.4 Å². The van der Waals surface area contributed by atoms with E-state index in [0.29, 0.717) is 5.75 Å². The lowest BCUT2D eigenvalue weighted by Gasteiger charge is -2.10. The molecule has 0 aliphatic carbocycles. The molecular formula is C14H22O3S. The second-order valence-corrected chi connectivity index (χ2v) is 5.05. The van der Waals surface area contributed by atoms with Crippen LogP contribution in [0.15, 0.2) is 18.2 Å². The predicted octanol–water partition coefficient (Wildman–Crippen LogP) is 3.89. The lowest BCUT2D eigenvalue weighted by Crippen LogP contribution is -2.02. The molecule has 0 aromatic heterocycles. The van der Waals surface area contributed by atoms with Crippen LogP contribution in [-0.4, -0.2) is 8.76 Å². The normalized spacial score (nSPS) is 12.4. The monoisotopic (exact) mass is 270 g/mol. The lowest BCUT2D eigenvalue weighted by molar-refractivity contribution is 0.454. The third-order valence-electron chi connectivity index (χ3n) is 2.91. The smallest absolute Gasteiger partial charge is 0.357 e. The van der Waals surface area contributed by atoms with E-state index in [0.717, 1.165) is 49.7 Å². The van der Waals surface area contributed by atoms with E-state index >= 15 is 0 Å². The minimum absolute atomic E-state index is 0.554. The van der Waals surface area contributed by atoms with Crippen LogP contribution < -0.4 is 4.18 Å². The predicted molar refractivity (Wildman–Crippen MR) is 75.1 cm³/mol. The highest BCUT2D eigenvalue weighted by Crippen LogP contribution is 2.24. The molecule has 102 valence electrons. The van der Waals surface area contributed by atoms with Gasteiger partial charge in [0, 0.05) is 0 Å². The van der Waals surface area contributed by atoms with E-state index in [-0.39, 0.29) is 0 Å². The largest absolute Gasteiger partial charge is 0.380 e. The van der Waals surface area contributed by atoms with Crippen molar-refractivity contribution in [1.29, 1.82) is 0 Å². The molecule has 1 N–H and O–H groups in total. The Kier molecular flexibility index (Phi) is 6.98. The molecule has 0 amide bonds. The molecule has 0 aliphatic rings. The number of hydrogen-bond acceptors (Lipinski definition) is 2. The molecule has 0 bridgehead atoms. The molecule has 0 saturated heterocycles. The number of hydrogen-bond donors (Lipinski definition) is 1. The van der Waals surface area contributed by atoms with Crippen molar-refractivity contribution in [2.24, 2.45) is 0 Å². The number of aryl methyl sites for hydroxylation is 2. The van der Waals surface area contributed by atoms with Crippen LogP contribution in [-0.2, 0) is 24.2 Å². The van der Waals surface area contributed by atoms with Gasteiger partial charge in [-0.25, -0.2) is 0 Å². The summed E-state index contributed by atoms with van der Waals surface area (Å²) >= 11 is -2.25. The van der Waals surface area contributed by atoms with Crippen LogP contribution in [0.1, 0.15) is 50.7 Å². The van der Waals surface area contributed by atoms with Crippen molar-refractivity contribution in [3.05, 3.63) is 29.3 Å². The Morgan fingerprint density at radius 2 is 1.83 bits per heavy atom. The van der Waals surface area contributed by atoms with Crippen LogP contribution in [0, 0.1) is 0 Å². The van der Waals surface area contributed by atoms with Gasteiger partial charge in [0.1, 0.15) is 5.75 Å². The van der Waals surface area contributed by atoms with Gasteiger partial charge in [-0.1, -0.05) is 38.8 Å². The summed E-state index contributed by atoms with van der Waals surface area (Å²) < 4.78 is 24.7. The standard InChI is InChI=1S/C14H22O3S/c1-3-5-7-12-9-10-13(8-6-4-2)14(11-12)17-18(15)16/h9-11H,3-8H2,1-2H3,(H,15,16). The van der Waals surface area contributed by atoms with Gasteiger partial charge < -0.3 is 4.18 Å². The molecule has 0 fully saturated rings. The Morgan fingerprint density at radius 3 is 2.44 bits per heavy atom. The molecule has 1 rings (SSSR count). The first kappa shape index (κ1) is 15.2. The second-order valence-electron chi connectivity index (χ2n) is 4.45. The Morgan fingerprint density at radius 1 is 1.17 bits per heavy atom. The van der Waals surface area contributed by atoms with Gasteiger partial charge in [-0.2, -0.15) is 4.21 Å². The third kappa shape index (κ3) is 5.19. The Hall–Kier alpha value is -0.870.